The number of benzene rings is 1. The summed E-state index contributed by atoms with van der Waals surface area (Å²) in [7, 11) is 0.490. The van der Waals surface area contributed by atoms with Gasteiger partial charge in [-0.25, -0.2) is 0 Å². The molecular formula is C15H22OSi. The Labute approximate surface area is 108 Å². The Morgan fingerprint density at radius 1 is 1.18 bits per heavy atom. The lowest BCUT2D eigenvalue weighted by Gasteiger charge is -2.29. The molecule has 0 saturated carbocycles. The van der Waals surface area contributed by atoms with E-state index in [1.54, 1.807) is 0 Å². The average Bonchev–Trinajstić information content (AvgIpc) is 2.26. The second kappa shape index (κ2) is 5.19. The first-order chi connectivity index (χ1) is 7.74. The number of hydrogen-bond acceptors (Lipinski definition) is 1. The molecule has 0 fully saturated rings. The zero-order valence-corrected chi connectivity index (χ0v) is 12.5. The molecule has 2 heteroatoms. The molecule has 0 spiro atoms. The Morgan fingerprint density at radius 3 is 2.35 bits per heavy atom. The van der Waals surface area contributed by atoms with Crippen LogP contribution >= 0.6 is 0 Å². The highest BCUT2D eigenvalue weighted by Gasteiger charge is 2.25. The predicted molar refractivity (Wildman–Crippen MR) is 76.1 cm³/mol. The Balaban J connectivity index is 2.84. The third kappa shape index (κ3) is 4.48. The SMILES string of the molecule is C=Cc1cccc(C(C)(C)O[Si]C(C)(C)C)c1. The lowest BCUT2D eigenvalue weighted by Crippen LogP contribution is -2.27. The van der Waals surface area contributed by atoms with Crippen molar-refractivity contribution in [2.24, 2.45) is 0 Å². The summed E-state index contributed by atoms with van der Waals surface area (Å²) >= 11 is 0. The van der Waals surface area contributed by atoms with Crippen LogP contribution in [-0.4, -0.2) is 9.76 Å². The van der Waals surface area contributed by atoms with Gasteiger partial charge in [-0.05, 0) is 36.1 Å². The zero-order chi connectivity index (χ0) is 13.1. The van der Waals surface area contributed by atoms with E-state index in [0.29, 0.717) is 9.76 Å². The molecule has 1 nitrogen and oxygen atoms in total. The first-order valence-electron chi connectivity index (χ1n) is 5.93. The van der Waals surface area contributed by atoms with E-state index < -0.39 is 0 Å². The lowest BCUT2D eigenvalue weighted by atomic mass is 9.97. The van der Waals surface area contributed by atoms with Gasteiger partial charge in [0.2, 0.25) is 9.76 Å². The maximum Gasteiger partial charge on any atom is 0.236 e. The van der Waals surface area contributed by atoms with Crippen molar-refractivity contribution in [1.29, 1.82) is 0 Å². The lowest BCUT2D eigenvalue weighted by molar-refractivity contribution is 0.109. The van der Waals surface area contributed by atoms with Crippen molar-refractivity contribution in [1.82, 2.24) is 0 Å². The summed E-state index contributed by atoms with van der Waals surface area (Å²) in [6.07, 6.45) is 1.87. The van der Waals surface area contributed by atoms with Gasteiger partial charge in [0, 0.05) is 0 Å². The molecule has 17 heavy (non-hydrogen) atoms. The van der Waals surface area contributed by atoms with Crippen LogP contribution < -0.4 is 0 Å². The van der Waals surface area contributed by atoms with Gasteiger partial charge in [0.05, 0.1) is 5.60 Å². The fourth-order valence-electron chi connectivity index (χ4n) is 1.38. The molecule has 0 saturated heterocycles. The van der Waals surface area contributed by atoms with E-state index in [9.17, 15) is 0 Å². The minimum absolute atomic E-state index is 0.216. The van der Waals surface area contributed by atoms with Gasteiger partial charge < -0.3 is 4.43 Å². The van der Waals surface area contributed by atoms with Crippen LogP contribution in [0.15, 0.2) is 30.8 Å². The van der Waals surface area contributed by atoms with Crippen LogP contribution in [0.5, 0.6) is 0 Å². The maximum atomic E-state index is 6.07. The molecular weight excluding hydrogens is 224 g/mol. The summed E-state index contributed by atoms with van der Waals surface area (Å²) in [5, 5.41) is 0.216. The smallest absolute Gasteiger partial charge is 0.236 e. The minimum atomic E-state index is -0.245. The van der Waals surface area contributed by atoms with E-state index in [0.717, 1.165) is 5.56 Å². The van der Waals surface area contributed by atoms with E-state index in [-0.39, 0.29) is 10.6 Å². The molecule has 0 aliphatic heterocycles. The quantitative estimate of drug-likeness (QED) is 0.715. The molecule has 2 radical (unpaired) electrons. The Kier molecular flexibility index (Phi) is 4.34. The zero-order valence-electron chi connectivity index (χ0n) is 11.5. The van der Waals surface area contributed by atoms with Gasteiger partial charge in [-0.15, -0.1) is 0 Å². The standard InChI is InChI=1S/C15H22OSi/c1-7-12-9-8-10-13(11-12)15(5,6)16-17-14(2,3)4/h7-11H,1H2,2-6H3. The number of rotatable bonds is 4. The van der Waals surface area contributed by atoms with Gasteiger partial charge in [-0.1, -0.05) is 51.6 Å². The minimum Gasteiger partial charge on any atom is -0.408 e. The normalized spacial score (nSPS) is 12.5. The Morgan fingerprint density at radius 2 is 1.82 bits per heavy atom. The number of hydrogen-bond donors (Lipinski definition) is 0. The highest BCUT2D eigenvalue weighted by Crippen LogP contribution is 2.29. The fraction of sp³-hybridized carbons (Fsp3) is 0.467. The summed E-state index contributed by atoms with van der Waals surface area (Å²) in [6.45, 7) is 14.6. The van der Waals surface area contributed by atoms with Crippen molar-refractivity contribution in [3.05, 3.63) is 42.0 Å². The molecule has 0 unspecified atom stereocenters. The third-order valence-electron chi connectivity index (χ3n) is 2.43. The van der Waals surface area contributed by atoms with Gasteiger partial charge in [0.15, 0.2) is 0 Å². The van der Waals surface area contributed by atoms with Gasteiger partial charge >= 0.3 is 0 Å². The van der Waals surface area contributed by atoms with Crippen molar-refractivity contribution in [2.45, 2.75) is 45.3 Å². The van der Waals surface area contributed by atoms with Crippen LogP contribution in [0.3, 0.4) is 0 Å². The molecule has 0 atom stereocenters. The molecule has 1 aromatic rings. The van der Waals surface area contributed by atoms with Gasteiger partial charge in [-0.2, -0.15) is 0 Å². The van der Waals surface area contributed by atoms with Crippen molar-refractivity contribution in [3.63, 3.8) is 0 Å². The topological polar surface area (TPSA) is 9.23 Å². The fourth-order valence-corrected chi connectivity index (χ4v) is 2.06. The highest BCUT2D eigenvalue weighted by molar-refractivity contribution is 6.31. The van der Waals surface area contributed by atoms with Crippen LogP contribution in [0.25, 0.3) is 6.08 Å². The molecule has 0 aliphatic carbocycles. The molecule has 0 amide bonds. The first-order valence-corrected chi connectivity index (χ1v) is 6.83. The van der Waals surface area contributed by atoms with Gasteiger partial charge in [0.1, 0.15) is 0 Å². The van der Waals surface area contributed by atoms with Crippen molar-refractivity contribution in [3.8, 4) is 0 Å². The molecule has 0 aliphatic rings. The van der Waals surface area contributed by atoms with Crippen LogP contribution in [0.4, 0.5) is 0 Å². The van der Waals surface area contributed by atoms with E-state index in [4.69, 9.17) is 4.43 Å². The molecule has 0 aromatic heterocycles. The van der Waals surface area contributed by atoms with E-state index in [1.807, 2.05) is 6.08 Å². The average molecular weight is 246 g/mol. The van der Waals surface area contributed by atoms with Crippen molar-refractivity contribution >= 4 is 15.8 Å². The summed E-state index contributed by atoms with van der Waals surface area (Å²) in [5.74, 6) is 0. The largest absolute Gasteiger partial charge is 0.408 e. The van der Waals surface area contributed by atoms with Crippen LogP contribution in [0.1, 0.15) is 45.7 Å². The van der Waals surface area contributed by atoms with E-state index in [1.165, 1.54) is 5.56 Å². The Hall–Kier alpha value is -0.863. The monoisotopic (exact) mass is 246 g/mol. The molecule has 0 N–H and O–H groups in total. The molecule has 1 aromatic carbocycles. The van der Waals surface area contributed by atoms with Crippen molar-refractivity contribution in [2.75, 3.05) is 0 Å². The van der Waals surface area contributed by atoms with Gasteiger partial charge in [-0.3, -0.25) is 0 Å². The van der Waals surface area contributed by atoms with Gasteiger partial charge in [0.25, 0.3) is 0 Å². The van der Waals surface area contributed by atoms with E-state index >= 15 is 0 Å². The highest BCUT2D eigenvalue weighted by atomic mass is 28.2. The summed E-state index contributed by atoms with van der Waals surface area (Å²) in [5.41, 5.74) is 2.09. The van der Waals surface area contributed by atoms with Crippen LogP contribution in [-0.2, 0) is 10.0 Å². The second-order valence-corrected chi connectivity index (χ2v) is 7.70. The predicted octanol–water partition coefficient (Wildman–Crippen LogP) is 4.42. The van der Waals surface area contributed by atoms with Crippen LogP contribution in [0, 0.1) is 0 Å². The molecule has 0 heterocycles. The Bertz CT molecular complexity index is 388. The summed E-state index contributed by atoms with van der Waals surface area (Å²) in [6, 6.07) is 8.36. The first kappa shape index (κ1) is 14.2. The molecule has 1 rings (SSSR count). The summed E-state index contributed by atoms with van der Waals surface area (Å²) < 4.78 is 6.07. The second-order valence-electron chi connectivity index (χ2n) is 5.79. The summed E-state index contributed by atoms with van der Waals surface area (Å²) in [4.78, 5) is 0. The molecule has 92 valence electrons. The maximum absolute atomic E-state index is 6.07. The van der Waals surface area contributed by atoms with E-state index in [2.05, 4.69) is 65.5 Å². The van der Waals surface area contributed by atoms with Crippen LogP contribution in [0.2, 0.25) is 5.04 Å². The van der Waals surface area contributed by atoms with Crippen molar-refractivity contribution < 1.29 is 4.43 Å². The molecule has 0 bridgehead atoms. The third-order valence-corrected chi connectivity index (χ3v) is 3.65.